The highest BCUT2D eigenvalue weighted by molar-refractivity contribution is 6.31. The van der Waals surface area contributed by atoms with Crippen LogP contribution in [0, 0.1) is 6.92 Å². The molecule has 1 aliphatic heterocycles. The Morgan fingerprint density at radius 3 is 2.65 bits per heavy atom. The van der Waals surface area contributed by atoms with Crippen molar-refractivity contribution in [2.24, 2.45) is 10.8 Å². The van der Waals surface area contributed by atoms with Gasteiger partial charge in [0.25, 0.3) is 5.56 Å². The number of primary amides is 1. The van der Waals surface area contributed by atoms with Crippen molar-refractivity contribution in [3.05, 3.63) is 78.5 Å². The summed E-state index contributed by atoms with van der Waals surface area (Å²) in [6.45, 7) is 11.4. The second kappa shape index (κ2) is 19.4. The van der Waals surface area contributed by atoms with Gasteiger partial charge in [-0.15, -0.1) is 0 Å². The van der Waals surface area contributed by atoms with E-state index in [4.69, 9.17) is 32.2 Å². The number of aliphatic hydroxyl groups excluding tert-OH is 1. The molecule has 4 atom stereocenters. The van der Waals surface area contributed by atoms with E-state index in [1.807, 2.05) is 30.5 Å². The zero-order valence-corrected chi connectivity index (χ0v) is 27.1. The number of nitrogens with one attached hydrogen (secondary N) is 3. The second-order valence-electron chi connectivity index (χ2n) is 10.5. The van der Waals surface area contributed by atoms with E-state index in [1.54, 1.807) is 6.92 Å². The average Bonchev–Trinajstić information content (AvgIpc) is 3.44. The van der Waals surface area contributed by atoms with E-state index in [1.165, 1.54) is 29.2 Å². The Hall–Kier alpha value is -4.18. The van der Waals surface area contributed by atoms with Crippen LogP contribution in [0.1, 0.15) is 51.8 Å². The third-order valence-electron chi connectivity index (χ3n) is 7.26. The average molecular weight is 663 g/mol. The summed E-state index contributed by atoms with van der Waals surface area (Å²) in [7, 11) is 0. The van der Waals surface area contributed by atoms with Crippen molar-refractivity contribution < 1.29 is 19.8 Å². The van der Waals surface area contributed by atoms with Crippen LogP contribution in [-0.2, 0) is 4.74 Å². The summed E-state index contributed by atoms with van der Waals surface area (Å²) in [6, 6.07) is 6.86. The number of halogens is 1. The maximum absolute atomic E-state index is 11.7. The van der Waals surface area contributed by atoms with Crippen LogP contribution in [0.4, 0.5) is 10.5 Å². The van der Waals surface area contributed by atoms with Gasteiger partial charge in [0.15, 0.2) is 0 Å². The Kier molecular flexibility index (Phi) is 16.0. The molecule has 46 heavy (non-hydrogen) atoms. The SMILES string of the molecule is CCN(CC)CCCC(C)Nc1ccnc2cc(Cl)ccc12.Cc1cn([C@H]2C[C@H](N=[N+]=[N-])[C@@H](CO)O2)c(=O)[nH]c1=O.NC(=O)NO. The topological polar surface area (TPSA) is 237 Å². The number of ether oxygens (including phenoxy) is 1. The molecule has 252 valence electrons. The van der Waals surface area contributed by atoms with Gasteiger partial charge in [-0.05, 0) is 76.1 Å². The van der Waals surface area contributed by atoms with Crippen LogP contribution in [0.2, 0.25) is 5.02 Å². The van der Waals surface area contributed by atoms with Crippen molar-refractivity contribution in [2.75, 3.05) is 31.6 Å². The number of benzene rings is 1. The highest BCUT2D eigenvalue weighted by Crippen LogP contribution is 2.30. The molecule has 3 heterocycles. The van der Waals surface area contributed by atoms with Crippen LogP contribution >= 0.6 is 11.6 Å². The number of urea groups is 1. The number of aliphatic hydroxyl groups is 1. The summed E-state index contributed by atoms with van der Waals surface area (Å²) in [5.41, 5.74) is 15.3. The number of rotatable bonds is 11. The molecule has 1 fully saturated rings. The summed E-state index contributed by atoms with van der Waals surface area (Å²) in [4.78, 5) is 43.9. The van der Waals surface area contributed by atoms with Gasteiger partial charge in [0.2, 0.25) is 0 Å². The molecule has 3 aromatic rings. The molecule has 2 aromatic heterocycles. The normalized spacial score (nSPS) is 17.6. The fraction of sp³-hybridized carbons (Fsp3) is 0.517. The number of carbonyl (C=O) groups excluding carboxylic acids is 1. The third kappa shape index (κ3) is 11.6. The summed E-state index contributed by atoms with van der Waals surface area (Å²) in [6.07, 6.45) is 4.54. The standard InChI is InChI=1S/C18H26ClN3.C10H13N5O4.CH4N2O2/c1-4-22(5-2)12-6-7-14(3)21-17-10-11-20-18-13-15(19)8-9-16(17)18;1-5-3-15(10(18)12-9(5)17)8-2-6(13-14-11)7(4-16)19-8;2-1(4)3-5/h8-11,13-14H,4-7,12H2,1-3H3,(H,20,21);3,6-8,16H,2,4H2,1H3,(H,12,17,18);5H,(H3,2,3,4)/t;6-,7+,8+;/m.0./s1. The Labute approximate surface area is 271 Å². The first-order chi connectivity index (χ1) is 22.0. The van der Waals surface area contributed by atoms with Crippen LogP contribution in [0.25, 0.3) is 21.3 Å². The predicted octanol–water partition coefficient (Wildman–Crippen LogP) is 3.66. The van der Waals surface area contributed by atoms with Gasteiger partial charge in [-0.1, -0.05) is 30.6 Å². The van der Waals surface area contributed by atoms with Crippen molar-refractivity contribution in [3.8, 4) is 0 Å². The van der Waals surface area contributed by atoms with Gasteiger partial charge in [-0.3, -0.25) is 24.5 Å². The number of hydroxylamine groups is 1. The first kappa shape index (κ1) is 38.0. The Balaban J connectivity index is 0.000000281. The minimum Gasteiger partial charge on any atom is -0.394 e. The minimum absolute atomic E-state index is 0.265. The number of nitrogens with two attached hydrogens (primary N) is 1. The number of aromatic nitrogens is 3. The van der Waals surface area contributed by atoms with Gasteiger partial charge >= 0.3 is 11.7 Å². The number of pyridine rings is 1. The fourth-order valence-corrected chi connectivity index (χ4v) is 4.95. The van der Waals surface area contributed by atoms with Crippen LogP contribution in [0.15, 0.2) is 51.4 Å². The first-order valence-corrected chi connectivity index (χ1v) is 15.2. The lowest BCUT2D eigenvalue weighted by molar-refractivity contribution is -0.0271. The molecule has 2 amide bonds. The number of aryl methyl sites for hydroxylation is 1. The predicted molar refractivity (Wildman–Crippen MR) is 176 cm³/mol. The smallest absolute Gasteiger partial charge is 0.335 e. The van der Waals surface area contributed by atoms with Gasteiger partial charge in [-0.25, -0.2) is 15.1 Å². The van der Waals surface area contributed by atoms with Crippen molar-refractivity contribution in [3.63, 3.8) is 0 Å². The van der Waals surface area contributed by atoms with E-state index < -0.39 is 35.7 Å². The van der Waals surface area contributed by atoms with E-state index in [0.717, 1.165) is 41.1 Å². The Morgan fingerprint density at radius 2 is 2.04 bits per heavy atom. The summed E-state index contributed by atoms with van der Waals surface area (Å²) in [5, 5.41) is 25.6. The second-order valence-corrected chi connectivity index (χ2v) is 10.9. The minimum atomic E-state index is -0.940. The largest absolute Gasteiger partial charge is 0.394 e. The fourth-order valence-electron chi connectivity index (χ4n) is 4.78. The van der Waals surface area contributed by atoms with Gasteiger partial charge < -0.3 is 25.8 Å². The molecule has 0 spiro atoms. The molecule has 1 aromatic carbocycles. The van der Waals surface area contributed by atoms with Gasteiger partial charge in [0.1, 0.15) is 6.23 Å². The molecule has 7 N–H and O–H groups in total. The van der Waals surface area contributed by atoms with Crippen LogP contribution < -0.4 is 27.8 Å². The van der Waals surface area contributed by atoms with Crippen LogP contribution in [0.3, 0.4) is 0 Å². The Morgan fingerprint density at radius 1 is 1.35 bits per heavy atom. The number of hydrogen-bond acceptors (Lipinski definition) is 10. The summed E-state index contributed by atoms with van der Waals surface area (Å²) in [5.74, 6) is 0. The summed E-state index contributed by atoms with van der Waals surface area (Å²) < 4.78 is 6.69. The summed E-state index contributed by atoms with van der Waals surface area (Å²) >= 11 is 6.04. The van der Waals surface area contributed by atoms with Crippen molar-refractivity contribution >= 4 is 34.2 Å². The molecule has 1 aliphatic rings. The van der Waals surface area contributed by atoms with E-state index in [9.17, 15) is 14.4 Å². The molecule has 0 radical (unpaired) electrons. The number of aromatic amines is 1. The maximum atomic E-state index is 11.7. The lowest BCUT2D eigenvalue weighted by atomic mass is 10.1. The van der Waals surface area contributed by atoms with E-state index in [-0.39, 0.29) is 13.0 Å². The van der Waals surface area contributed by atoms with Crippen molar-refractivity contribution in [1.29, 1.82) is 0 Å². The van der Waals surface area contributed by atoms with Crippen molar-refractivity contribution in [2.45, 2.75) is 71.4 Å². The molecule has 0 bridgehead atoms. The Bertz CT molecular complexity index is 1570. The quantitative estimate of drug-likeness (QED) is 0.0576. The van der Waals surface area contributed by atoms with E-state index >= 15 is 0 Å². The number of fused-ring (bicyclic) bond motifs is 1. The molecule has 16 nitrogen and oxygen atoms in total. The number of nitrogens with zero attached hydrogens (tertiary/aromatic N) is 6. The number of hydrogen-bond donors (Lipinski definition) is 6. The maximum Gasteiger partial charge on any atom is 0.335 e. The van der Waals surface area contributed by atoms with Crippen molar-refractivity contribution in [1.82, 2.24) is 24.9 Å². The molecular formula is C29H43ClN10O6. The third-order valence-corrected chi connectivity index (χ3v) is 7.50. The highest BCUT2D eigenvalue weighted by atomic mass is 35.5. The molecule has 0 aliphatic carbocycles. The van der Waals surface area contributed by atoms with E-state index in [2.05, 4.69) is 56.7 Å². The lowest BCUT2D eigenvalue weighted by Crippen LogP contribution is -2.33. The highest BCUT2D eigenvalue weighted by Gasteiger charge is 2.35. The zero-order chi connectivity index (χ0) is 34.2. The van der Waals surface area contributed by atoms with Crippen LogP contribution in [0.5, 0.6) is 0 Å². The molecule has 1 unspecified atom stereocenters. The molecular weight excluding hydrogens is 620 g/mol. The first-order valence-electron chi connectivity index (χ1n) is 14.8. The number of azide groups is 1. The van der Waals surface area contributed by atoms with E-state index in [0.29, 0.717) is 11.6 Å². The number of carbonyl (C=O) groups is 1. The molecule has 0 saturated carbocycles. The van der Waals surface area contributed by atoms with Gasteiger partial charge in [-0.2, -0.15) is 0 Å². The van der Waals surface area contributed by atoms with Gasteiger partial charge in [0.05, 0.1) is 24.3 Å². The van der Waals surface area contributed by atoms with Crippen LogP contribution in [-0.4, -0.2) is 80.2 Å². The monoisotopic (exact) mass is 662 g/mol. The number of amides is 2. The molecule has 4 rings (SSSR count). The number of H-pyrrole nitrogens is 1. The van der Waals surface area contributed by atoms with Gasteiger partial charge in [0, 0.05) is 51.4 Å². The lowest BCUT2D eigenvalue weighted by Gasteiger charge is -2.20. The molecule has 17 heteroatoms. The zero-order valence-electron chi connectivity index (χ0n) is 26.4. The molecule has 1 saturated heterocycles. The number of anilines is 1.